The van der Waals surface area contributed by atoms with Crippen molar-refractivity contribution in [3.63, 3.8) is 0 Å². The Morgan fingerprint density at radius 3 is 1.90 bits per heavy atom. The maximum Gasteiger partial charge on any atom is 0.311 e. The van der Waals surface area contributed by atoms with Crippen LogP contribution < -0.4 is 0 Å². The Balaban J connectivity index is 2.13. The Bertz CT molecular complexity index is 1330. The number of carbonyl (C=O) groups excluding carboxylic acids is 1. The second-order valence-corrected chi connectivity index (χ2v) is 12.6. The van der Waals surface area contributed by atoms with Crippen molar-refractivity contribution in [1.82, 2.24) is 4.31 Å². The summed E-state index contributed by atoms with van der Waals surface area (Å²) in [5, 5.41) is 10.5. The smallest absolute Gasteiger partial charge is 0.311 e. The van der Waals surface area contributed by atoms with Gasteiger partial charge in [0.2, 0.25) is 10.0 Å². The predicted octanol–water partition coefficient (Wildman–Crippen LogP) is 6.13. The van der Waals surface area contributed by atoms with Crippen molar-refractivity contribution in [3.8, 4) is 0 Å². The molecule has 0 saturated heterocycles. The normalized spacial score (nSPS) is 15.1. The fourth-order valence-corrected chi connectivity index (χ4v) is 7.12. The highest BCUT2D eigenvalue weighted by atomic mass is 32.2. The molecule has 0 aliphatic carbocycles. The average Bonchev–Trinajstić information content (AvgIpc) is 2.89. The Kier molecular flexibility index (Phi) is 10.1. The molecule has 0 aromatic heterocycles. The van der Waals surface area contributed by atoms with Gasteiger partial charge in [-0.3, -0.25) is 4.79 Å². The lowest BCUT2D eigenvalue weighted by molar-refractivity contribution is -0.161. The highest BCUT2D eigenvalue weighted by Gasteiger charge is 2.39. The van der Waals surface area contributed by atoms with Crippen molar-refractivity contribution >= 4 is 16.0 Å². The van der Waals surface area contributed by atoms with Crippen LogP contribution in [0, 0.1) is 32.6 Å². The van der Waals surface area contributed by atoms with Gasteiger partial charge in [-0.25, -0.2) is 8.42 Å². The molecule has 3 aromatic rings. The Morgan fingerprint density at radius 2 is 1.38 bits per heavy atom. The second-order valence-electron chi connectivity index (χ2n) is 10.8. The molecule has 0 bridgehead atoms. The van der Waals surface area contributed by atoms with Gasteiger partial charge in [0.1, 0.15) is 6.10 Å². The zero-order chi connectivity index (χ0) is 28.9. The fraction of sp³-hybridized carbons (Fsp3) is 0.406. The van der Waals surface area contributed by atoms with Gasteiger partial charge in [-0.05, 0) is 62.8 Å². The van der Waals surface area contributed by atoms with Crippen molar-refractivity contribution in [2.75, 3.05) is 0 Å². The molecule has 0 aliphatic rings. The van der Waals surface area contributed by atoms with Gasteiger partial charge in [-0.1, -0.05) is 92.2 Å². The summed E-state index contributed by atoms with van der Waals surface area (Å²) in [5.41, 5.74) is 3.81. The molecule has 39 heavy (non-hydrogen) atoms. The van der Waals surface area contributed by atoms with Gasteiger partial charge < -0.3 is 9.84 Å². The van der Waals surface area contributed by atoms with E-state index in [1.54, 1.807) is 13.8 Å². The van der Waals surface area contributed by atoms with E-state index in [1.807, 2.05) is 107 Å². The first-order valence-corrected chi connectivity index (χ1v) is 14.9. The van der Waals surface area contributed by atoms with E-state index in [0.29, 0.717) is 16.7 Å². The number of hydrogen-bond acceptors (Lipinski definition) is 5. The van der Waals surface area contributed by atoms with E-state index in [-0.39, 0.29) is 17.4 Å². The summed E-state index contributed by atoms with van der Waals surface area (Å²) in [5.74, 6) is -1.48. The summed E-state index contributed by atoms with van der Waals surface area (Å²) < 4.78 is 36.3. The molecule has 210 valence electrons. The predicted molar refractivity (Wildman–Crippen MR) is 155 cm³/mol. The number of hydrogen-bond donors (Lipinski definition) is 1. The number of aliphatic hydroxyl groups is 1. The van der Waals surface area contributed by atoms with Crippen LogP contribution in [0.5, 0.6) is 0 Å². The lowest BCUT2D eigenvalue weighted by atomic mass is 9.94. The van der Waals surface area contributed by atoms with E-state index < -0.39 is 40.2 Å². The van der Waals surface area contributed by atoms with Crippen molar-refractivity contribution in [2.45, 2.75) is 78.2 Å². The van der Waals surface area contributed by atoms with Gasteiger partial charge in [0.15, 0.2) is 0 Å². The molecule has 7 heteroatoms. The number of aliphatic hydroxyl groups excluding tert-OH is 1. The summed E-state index contributed by atoms with van der Waals surface area (Å²) in [4.78, 5) is 13.5. The van der Waals surface area contributed by atoms with Gasteiger partial charge in [-0.15, -0.1) is 0 Å². The lowest BCUT2D eigenvalue weighted by Gasteiger charge is -2.35. The highest BCUT2D eigenvalue weighted by Crippen LogP contribution is 2.34. The quantitative estimate of drug-likeness (QED) is 0.290. The van der Waals surface area contributed by atoms with Crippen LogP contribution in [0.4, 0.5) is 0 Å². The third kappa shape index (κ3) is 7.15. The molecule has 0 aliphatic heterocycles. The van der Waals surface area contributed by atoms with Gasteiger partial charge in [-0.2, -0.15) is 4.31 Å². The van der Waals surface area contributed by atoms with Gasteiger partial charge >= 0.3 is 5.97 Å². The molecular weight excluding hydrogens is 510 g/mol. The average molecular weight is 552 g/mol. The van der Waals surface area contributed by atoms with Crippen molar-refractivity contribution < 1.29 is 23.1 Å². The summed E-state index contributed by atoms with van der Waals surface area (Å²) in [6.45, 7) is 12.7. The molecular formula is C32H41NO5S. The molecule has 0 spiro atoms. The van der Waals surface area contributed by atoms with Crippen LogP contribution in [-0.4, -0.2) is 35.9 Å². The molecule has 3 rings (SSSR count). The first kappa shape index (κ1) is 30.5. The minimum absolute atomic E-state index is 0.0994. The molecule has 3 aromatic carbocycles. The number of carbonyl (C=O) groups is 1. The second kappa shape index (κ2) is 12.9. The topological polar surface area (TPSA) is 83.9 Å². The Labute approximate surface area is 233 Å². The highest BCUT2D eigenvalue weighted by molar-refractivity contribution is 7.89. The molecule has 0 unspecified atom stereocenters. The first-order chi connectivity index (χ1) is 18.3. The van der Waals surface area contributed by atoms with Crippen LogP contribution in [0.1, 0.15) is 61.6 Å². The Morgan fingerprint density at radius 1 is 0.872 bits per heavy atom. The summed E-state index contributed by atoms with van der Waals surface area (Å²) in [6, 6.07) is 21.6. The molecule has 0 heterocycles. The number of rotatable bonds is 11. The third-order valence-electron chi connectivity index (χ3n) is 7.18. The zero-order valence-corrected chi connectivity index (χ0v) is 24.8. The van der Waals surface area contributed by atoms with Crippen LogP contribution in [0.25, 0.3) is 0 Å². The number of nitrogens with zero attached hydrogens (tertiary/aromatic N) is 1. The number of esters is 1. The van der Waals surface area contributed by atoms with Crippen LogP contribution >= 0.6 is 0 Å². The molecule has 0 saturated carbocycles. The van der Waals surface area contributed by atoms with Crippen LogP contribution in [0.3, 0.4) is 0 Å². The van der Waals surface area contributed by atoms with Crippen LogP contribution in [-0.2, 0) is 26.1 Å². The largest absolute Gasteiger partial charge is 0.455 e. The fourth-order valence-electron chi connectivity index (χ4n) is 5.09. The van der Waals surface area contributed by atoms with E-state index in [4.69, 9.17) is 4.74 Å². The zero-order valence-electron chi connectivity index (χ0n) is 24.0. The molecule has 6 nitrogen and oxygen atoms in total. The maximum atomic E-state index is 14.4. The van der Waals surface area contributed by atoms with Gasteiger partial charge in [0.05, 0.1) is 23.0 Å². The van der Waals surface area contributed by atoms with Gasteiger partial charge in [0, 0.05) is 6.54 Å². The molecule has 0 fully saturated rings. The van der Waals surface area contributed by atoms with Crippen molar-refractivity contribution in [2.24, 2.45) is 11.8 Å². The van der Waals surface area contributed by atoms with E-state index in [0.717, 1.165) is 11.1 Å². The standard InChI is InChI=1S/C32H41NO5S/c1-21(2)29(34)25(6)32(35)38-30(28-16-12-9-13-17-28)26(7)33(20-27-14-10-8-11-15-27)39(36,37)31-23(4)18-22(3)19-24(31)5/h8-19,21,25-26,29-30,34H,20H2,1-7H3/t25-,26-,29-,30-/m0/s1. The minimum atomic E-state index is -4.02. The molecule has 4 atom stereocenters. The molecule has 1 N–H and O–H groups in total. The third-order valence-corrected chi connectivity index (χ3v) is 9.42. The lowest BCUT2D eigenvalue weighted by Crippen LogP contribution is -2.44. The summed E-state index contributed by atoms with van der Waals surface area (Å²) >= 11 is 0. The number of sulfonamides is 1. The first-order valence-electron chi connectivity index (χ1n) is 13.4. The summed E-state index contributed by atoms with van der Waals surface area (Å²) in [7, 11) is -4.02. The van der Waals surface area contributed by atoms with Gasteiger partial charge in [0.25, 0.3) is 0 Å². The monoisotopic (exact) mass is 551 g/mol. The van der Waals surface area contributed by atoms with Crippen molar-refractivity contribution in [1.29, 1.82) is 0 Å². The Hall–Kier alpha value is -3.00. The van der Waals surface area contributed by atoms with E-state index in [1.165, 1.54) is 4.31 Å². The minimum Gasteiger partial charge on any atom is -0.455 e. The van der Waals surface area contributed by atoms with Crippen LogP contribution in [0.15, 0.2) is 77.7 Å². The number of aryl methyl sites for hydroxylation is 3. The van der Waals surface area contributed by atoms with Crippen LogP contribution in [0.2, 0.25) is 0 Å². The molecule has 0 amide bonds. The number of ether oxygens (including phenoxy) is 1. The SMILES string of the molecule is Cc1cc(C)c(S(=O)(=O)N(Cc2ccccc2)[C@@H](C)[C@H](OC(=O)[C@@H](C)[C@@H](O)C(C)C)c2ccccc2)c(C)c1. The van der Waals surface area contributed by atoms with E-state index in [2.05, 4.69) is 0 Å². The molecule has 0 radical (unpaired) electrons. The maximum absolute atomic E-state index is 14.4. The van der Waals surface area contributed by atoms with Crippen molar-refractivity contribution in [3.05, 3.63) is 101 Å². The van der Waals surface area contributed by atoms with E-state index in [9.17, 15) is 18.3 Å². The number of benzene rings is 3. The summed E-state index contributed by atoms with van der Waals surface area (Å²) in [6.07, 6.45) is -1.78. The van der Waals surface area contributed by atoms with E-state index >= 15 is 0 Å².